The number of hydrogen-bond acceptors (Lipinski definition) is 2. The summed E-state index contributed by atoms with van der Waals surface area (Å²) in [5.74, 6) is 0.886. The van der Waals surface area contributed by atoms with Crippen LogP contribution in [0.2, 0.25) is 0 Å². The maximum Gasteiger partial charge on any atom is 0.0370 e. The van der Waals surface area contributed by atoms with Gasteiger partial charge in [-0.25, -0.2) is 0 Å². The number of hydrogen-bond donors (Lipinski definition) is 1. The molecule has 1 atom stereocenters. The van der Waals surface area contributed by atoms with Crippen molar-refractivity contribution < 1.29 is 0 Å². The monoisotopic (exact) mass is 308 g/mol. The first-order valence-electron chi connectivity index (χ1n) is 6.85. The number of benzene rings is 1. The van der Waals surface area contributed by atoms with Crippen LogP contribution in [0, 0.1) is 12.8 Å². The lowest BCUT2D eigenvalue weighted by atomic mass is 9.92. The fourth-order valence-electron chi connectivity index (χ4n) is 3.05. The second kappa shape index (κ2) is 4.53. The van der Waals surface area contributed by atoms with Crippen LogP contribution >= 0.6 is 15.9 Å². The Morgan fingerprint density at radius 3 is 2.83 bits per heavy atom. The SMILES string of the molecule is Cc1cc(N2CCNC(C)(C3CC3)C2)ccc1Br. The normalized spacial score (nSPS) is 28.5. The first-order chi connectivity index (χ1) is 8.58. The van der Waals surface area contributed by atoms with Crippen LogP contribution in [0.25, 0.3) is 0 Å². The lowest BCUT2D eigenvalue weighted by Crippen LogP contribution is -2.60. The molecule has 1 aromatic rings. The second-order valence-corrected chi connectivity index (χ2v) is 6.83. The first kappa shape index (κ1) is 12.5. The fourth-order valence-corrected chi connectivity index (χ4v) is 3.29. The van der Waals surface area contributed by atoms with E-state index in [9.17, 15) is 0 Å². The molecule has 1 saturated heterocycles. The molecule has 1 aliphatic carbocycles. The highest BCUT2D eigenvalue weighted by atomic mass is 79.9. The van der Waals surface area contributed by atoms with Crippen molar-refractivity contribution >= 4 is 21.6 Å². The number of anilines is 1. The molecule has 1 unspecified atom stereocenters. The molecule has 2 aliphatic rings. The predicted octanol–water partition coefficient (Wildman–Crippen LogP) is 3.34. The van der Waals surface area contributed by atoms with Gasteiger partial charge in [-0.3, -0.25) is 0 Å². The van der Waals surface area contributed by atoms with Gasteiger partial charge in [-0.2, -0.15) is 0 Å². The van der Waals surface area contributed by atoms with Crippen molar-refractivity contribution in [2.24, 2.45) is 5.92 Å². The smallest absolute Gasteiger partial charge is 0.0370 e. The van der Waals surface area contributed by atoms with Gasteiger partial charge in [-0.15, -0.1) is 0 Å². The largest absolute Gasteiger partial charge is 0.368 e. The molecule has 2 fully saturated rings. The molecule has 0 amide bonds. The van der Waals surface area contributed by atoms with E-state index < -0.39 is 0 Å². The van der Waals surface area contributed by atoms with Gasteiger partial charge in [-0.05, 0) is 56.4 Å². The molecule has 3 heteroatoms. The lowest BCUT2D eigenvalue weighted by molar-refractivity contribution is 0.285. The molecule has 0 radical (unpaired) electrons. The summed E-state index contributed by atoms with van der Waals surface area (Å²) < 4.78 is 1.20. The molecule has 1 saturated carbocycles. The number of aryl methyl sites for hydroxylation is 1. The molecule has 0 bridgehead atoms. The third kappa shape index (κ3) is 2.30. The second-order valence-electron chi connectivity index (χ2n) is 5.97. The maximum absolute atomic E-state index is 3.73. The van der Waals surface area contributed by atoms with Crippen molar-refractivity contribution in [3.63, 3.8) is 0 Å². The fraction of sp³-hybridized carbons (Fsp3) is 0.600. The molecular formula is C15H21BrN2. The zero-order chi connectivity index (χ0) is 12.8. The summed E-state index contributed by atoms with van der Waals surface area (Å²) in [4.78, 5) is 2.54. The Hall–Kier alpha value is -0.540. The van der Waals surface area contributed by atoms with Crippen molar-refractivity contribution in [2.75, 3.05) is 24.5 Å². The van der Waals surface area contributed by atoms with E-state index in [-0.39, 0.29) is 0 Å². The zero-order valence-electron chi connectivity index (χ0n) is 11.2. The van der Waals surface area contributed by atoms with Crippen LogP contribution in [0.15, 0.2) is 22.7 Å². The minimum atomic E-state index is 0.319. The van der Waals surface area contributed by atoms with Gasteiger partial charge in [0.1, 0.15) is 0 Å². The van der Waals surface area contributed by atoms with Crippen LogP contribution < -0.4 is 10.2 Å². The molecule has 18 heavy (non-hydrogen) atoms. The van der Waals surface area contributed by atoms with Crippen LogP contribution in [0.5, 0.6) is 0 Å². The van der Waals surface area contributed by atoms with Crippen molar-refractivity contribution in [3.8, 4) is 0 Å². The average molecular weight is 309 g/mol. The van der Waals surface area contributed by atoms with E-state index in [2.05, 4.69) is 58.2 Å². The van der Waals surface area contributed by atoms with Crippen molar-refractivity contribution in [2.45, 2.75) is 32.2 Å². The van der Waals surface area contributed by atoms with E-state index in [1.54, 1.807) is 0 Å². The van der Waals surface area contributed by atoms with E-state index >= 15 is 0 Å². The summed E-state index contributed by atoms with van der Waals surface area (Å²) in [6.45, 7) is 7.91. The zero-order valence-corrected chi connectivity index (χ0v) is 12.8. The van der Waals surface area contributed by atoms with Crippen molar-refractivity contribution in [1.29, 1.82) is 0 Å². The molecule has 98 valence electrons. The molecule has 1 aliphatic heterocycles. The van der Waals surface area contributed by atoms with Gasteiger partial charge in [0.25, 0.3) is 0 Å². The summed E-state index contributed by atoms with van der Waals surface area (Å²) >= 11 is 3.58. The minimum Gasteiger partial charge on any atom is -0.368 e. The van der Waals surface area contributed by atoms with Gasteiger partial charge < -0.3 is 10.2 Å². The molecule has 3 rings (SSSR count). The molecule has 0 spiro atoms. The van der Waals surface area contributed by atoms with Crippen molar-refractivity contribution in [3.05, 3.63) is 28.2 Å². The predicted molar refractivity (Wildman–Crippen MR) is 80.2 cm³/mol. The quantitative estimate of drug-likeness (QED) is 0.901. The van der Waals surface area contributed by atoms with Gasteiger partial charge in [0.2, 0.25) is 0 Å². The van der Waals surface area contributed by atoms with Crippen LogP contribution in [-0.4, -0.2) is 25.2 Å². The van der Waals surface area contributed by atoms with Gasteiger partial charge in [-0.1, -0.05) is 15.9 Å². The van der Waals surface area contributed by atoms with Crippen LogP contribution in [-0.2, 0) is 0 Å². The highest BCUT2D eigenvalue weighted by Crippen LogP contribution is 2.41. The molecule has 1 aromatic carbocycles. The van der Waals surface area contributed by atoms with Crippen molar-refractivity contribution in [1.82, 2.24) is 5.32 Å². The summed E-state index contributed by atoms with van der Waals surface area (Å²) in [6, 6.07) is 6.69. The molecular weight excluding hydrogens is 288 g/mol. The van der Waals surface area contributed by atoms with E-state index in [1.807, 2.05) is 0 Å². The third-order valence-electron chi connectivity index (χ3n) is 4.41. The number of nitrogens with zero attached hydrogens (tertiary/aromatic N) is 1. The average Bonchev–Trinajstić information content (AvgIpc) is 3.17. The molecule has 0 aromatic heterocycles. The molecule has 1 heterocycles. The number of rotatable bonds is 2. The Bertz CT molecular complexity index is 456. The Morgan fingerprint density at radius 2 is 2.17 bits per heavy atom. The summed E-state index contributed by atoms with van der Waals surface area (Å²) in [6.07, 6.45) is 2.80. The summed E-state index contributed by atoms with van der Waals surface area (Å²) in [5.41, 5.74) is 3.00. The Labute approximate surface area is 118 Å². The first-order valence-corrected chi connectivity index (χ1v) is 7.64. The Kier molecular flexibility index (Phi) is 3.15. The van der Waals surface area contributed by atoms with E-state index in [1.165, 1.54) is 28.6 Å². The Morgan fingerprint density at radius 1 is 1.39 bits per heavy atom. The number of nitrogens with one attached hydrogen (secondary N) is 1. The topological polar surface area (TPSA) is 15.3 Å². The van der Waals surface area contributed by atoms with Crippen LogP contribution in [0.4, 0.5) is 5.69 Å². The molecule has 1 N–H and O–H groups in total. The Balaban J connectivity index is 1.81. The van der Waals surface area contributed by atoms with Gasteiger partial charge in [0, 0.05) is 35.3 Å². The lowest BCUT2D eigenvalue weighted by Gasteiger charge is -2.43. The summed E-state index contributed by atoms with van der Waals surface area (Å²) in [5, 5.41) is 3.73. The van der Waals surface area contributed by atoms with Gasteiger partial charge in [0.15, 0.2) is 0 Å². The van der Waals surface area contributed by atoms with E-state index in [4.69, 9.17) is 0 Å². The highest BCUT2D eigenvalue weighted by Gasteiger charge is 2.43. The van der Waals surface area contributed by atoms with Gasteiger partial charge >= 0.3 is 0 Å². The highest BCUT2D eigenvalue weighted by molar-refractivity contribution is 9.10. The minimum absolute atomic E-state index is 0.319. The third-order valence-corrected chi connectivity index (χ3v) is 5.30. The summed E-state index contributed by atoms with van der Waals surface area (Å²) in [7, 11) is 0. The van der Waals surface area contributed by atoms with Crippen LogP contribution in [0.1, 0.15) is 25.3 Å². The number of piperazine rings is 1. The molecule has 2 nitrogen and oxygen atoms in total. The van der Waals surface area contributed by atoms with Gasteiger partial charge in [0.05, 0.1) is 0 Å². The van der Waals surface area contributed by atoms with E-state index in [0.29, 0.717) is 5.54 Å². The number of halogens is 1. The standard InChI is InChI=1S/C15H21BrN2/c1-11-9-13(5-6-14(11)16)18-8-7-17-15(2,10-18)12-3-4-12/h5-6,9,12,17H,3-4,7-8,10H2,1-2H3. The van der Waals surface area contributed by atoms with E-state index in [0.717, 1.165) is 25.6 Å². The van der Waals surface area contributed by atoms with Crippen LogP contribution in [0.3, 0.4) is 0 Å². The maximum atomic E-state index is 3.73.